The predicted octanol–water partition coefficient (Wildman–Crippen LogP) is 3.37. The number of carbonyl (C=O) groups excluding carboxylic acids is 1. The van der Waals surface area contributed by atoms with Gasteiger partial charge in [-0.15, -0.1) is 0 Å². The molecular weight excluding hydrogens is 413 g/mol. The molecule has 0 radical (unpaired) electrons. The highest BCUT2D eigenvalue weighted by atomic mass is 19.1. The summed E-state index contributed by atoms with van der Waals surface area (Å²) in [5, 5.41) is 18.0. The van der Waals surface area contributed by atoms with Crippen LogP contribution in [-0.4, -0.2) is 41.6 Å². The van der Waals surface area contributed by atoms with Crippen molar-refractivity contribution in [2.24, 2.45) is 0 Å². The van der Waals surface area contributed by atoms with Crippen LogP contribution in [0, 0.1) is 5.82 Å². The molecule has 1 aliphatic carbocycles. The van der Waals surface area contributed by atoms with Gasteiger partial charge in [0.05, 0.1) is 19.9 Å². The van der Waals surface area contributed by atoms with Crippen molar-refractivity contribution in [3.8, 4) is 17.2 Å². The number of aliphatic hydroxyl groups excluding tert-OH is 1. The fourth-order valence-corrected chi connectivity index (χ4v) is 4.06. The summed E-state index contributed by atoms with van der Waals surface area (Å²) in [6.45, 7) is -0.0134. The lowest BCUT2D eigenvalue weighted by Crippen LogP contribution is -2.29. The Labute approximate surface area is 185 Å². The zero-order chi connectivity index (χ0) is 22.7. The van der Waals surface area contributed by atoms with Crippen LogP contribution in [0.2, 0.25) is 0 Å². The molecule has 1 heterocycles. The molecule has 4 rings (SSSR count). The van der Waals surface area contributed by atoms with E-state index in [0.29, 0.717) is 28.4 Å². The molecule has 0 spiro atoms. The third-order valence-corrected chi connectivity index (χ3v) is 5.72. The minimum Gasteiger partial charge on any atom is -0.497 e. The van der Waals surface area contributed by atoms with Gasteiger partial charge < -0.3 is 19.9 Å². The number of ether oxygens (including phenoxy) is 2. The molecule has 3 aromatic rings. The highest BCUT2D eigenvalue weighted by Crippen LogP contribution is 2.30. The van der Waals surface area contributed by atoms with Gasteiger partial charge in [0, 0.05) is 23.4 Å². The van der Waals surface area contributed by atoms with Crippen molar-refractivity contribution in [1.29, 1.82) is 0 Å². The third kappa shape index (κ3) is 4.31. The molecule has 8 heteroatoms. The molecule has 1 amide bonds. The molecular formula is C24H26FN3O4. The number of nitrogens with one attached hydrogen (secondary N) is 1. The van der Waals surface area contributed by atoms with Crippen molar-refractivity contribution in [2.45, 2.75) is 31.8 Å². The number of hydrogen-bond acceptors (Lipinski definition) is 5. The highest BCUT2D eigenvalue weighted by molar-refractivity contribution is 5.94. The van der Waals surface area contributed by atoms with E-state index in [2.05, 4.69) is 10.4 Å². The van der Waals surface area contributed by atoms with Gasteiger partial charge in [-0.3, -0.25) is 4.79 Å². The van der Waals surface area contributed by atoms with Gasteiger partial charge in [0.25, 0.3) is 5.91 Å². The Morgan fingerprint density at radius 1 is 1.16 bits per heavy atom. The van der Waals surface area contributed by atoms with Crippen LogP contribution < -0.4 is 14.8 Å². The maximum atomic E-state index is 13.4. The first-order chi connectivity index (χ1) is 15.5. The van der Waals surface area contributed by atoms with E-state index in [0.717, 1.165) is 36.9 Å². The van der Waals surface area contributed by atoms with E-state index in [1.165, 1.54) is 19.2 Å². The second kappa shape index (κ2) is 9.40. The lowest BCUT2D eigenvalue weighted by molar-refractivity contribution is 0.0908. The van der Waals surface area contributed by atoms with Crippen molar-refractivity contribution in [3.05, 3.63) is 70.8 Å². The fraction of sp³-hybridized carbons (Fsp3) is 0.333. The van der Waals surface area contributed by atoms with Gasteiger partial charge in [0.15, 0.2) is 5.69 Å². The Morgan fingerprint density at radius 2 is 1.91 bits per heavy atom. The van der Waals surface area contributed by atoms with Crippen molar-refractivity contribution in [2.75, 3.05) is 20.8 Å². The summed E-state index contributed by atoms with van der Waals surface area (Å²) in [4.78, 5) is 13.0. The normalized spacial score (nSPS) is 13.9. The van der Waals surface area contributed by atoms with Crippen molar-refractivity contribution in [1.82, 2.24) is 15.1 Å². The Morgan fingerprint density at radius 3 is 2.62 bits per heavy atom. The number of aliphatic hydroxyl groups is 1. The van der Waals surface area contributed by atoms with Gasteiger partial charge in [-0.2, -0.15) is 5.10 Å². The summed E-state index contributed by atoms with van der Waals surface area (Å²) in [5.41, 5.74) is 3.46. The molecule has 2 N–H and O–H groups in total. The van der Waals surface area contributed by atoms with E-state index in [-0.39, 0.29) is 18.3 Å². The molecule has 32 heavy (non-hydrogen) atoms. The monoisotopic (exact) mass is 439 g/mol. The van der Waals surface area contributed by atoms with E-state index >= 15 is 0 Å². The van der Waals surface area contributed by atoms with Gasteiger partial charge >= 0.3 is 0 Å². The van der Waals surface area contributed by atoms with Crippen LogP contribution in [0.1, 0.15) is 46.3 Å². The van der Waals surface area contributed by atoms with Crippen LogP contribution in [0.25, 0.3) is 5.69 Å². The molecule has 2 aromatic carbocycles. The predicted molar refractivity (Wildman–Crippen MR) is 117 cm³/mol. The number of hydrogen-bond donors (Lipinski definition) is 2. The van der Waals surface area contributed by atoms with E-state index in [1.54, 1.807) is 42.1 Å². The summed E-state index contributed by atoms with van der Waals surface area (Å²) in [7, 11) is 3.06. The molecule has 0 saturated carbocycles. The summed E-state index contributed by atoms with van der Waals surface area (Å²) in [6, 6.07) is 11.2. The number of carbonyl (C=O) groups is 1. The number of halogens is 1. The number of benzene rings is 2. The van der Waals surface area contributed by atoms with Crippen LogP contribution in [0.4, 0.5) is 4.39 Å². The standard InChI is InChI=1S/C24H26FN3O4/c1-31-17-11-12-22(32-2)19(13-17)21(29)14-26-24(30)23-18-5-3-4-6-20(18)28(27-23)16-9-7-15(25)8-10-16/h7-13,21,29H,3-6,14H2,1-2H3,(H,26,30). The summed E-state index contributed by atoms with van der Waals surface area (Å²) in [6.07, 6.45) is 2.56. The van der Waals surface area contributed by atoms with E-state index < -0.39 is 6.10 Å². The number of nitrogens with zero attached hydrogens (tertiary/aromatic N) is 2. The lowest BCUT2D eigenvalue weighted by Gasteiger charge is -2.17. The maximum Gasteiger partial charge on any atom is 0.272 e. The summed E-state index contributed by atoms with van der Waals surface area (Å²) < 4.78 is 25.6. The van der Waals surface area contributed by atoms with Crippen LogP contribution in [0.15, 0.2) is 42.5 Å². The number of methoxy groups -OCH3 is 2. The molecule has 0 saturated heterocycles. The topological polar surface area (TPSA) is 85.6 Å². The Kier molecular flexibility index (Phi) is 6.41. The first-order valence-corrected chi connectivity index (χ1v) is 10.6. The van der Waals surface area contributed by atoms with Crippen LogP contribution >= 0.6 is 0 Å². The fourth-order valence-electron chi connectivity index (χ4n) is 4.06. The first-order valence-electron chi connectivity index (χ1n) is 10.6. The smallest absolute Gasteiger partial charge is 0.272 e. The van der Waals surface area contributed by atoms with Gasteiger partial charge in [-0.25, -0.2) is 9.07 Å². The second-order valence-corrected chi connectivity index (χ2v) is 7.70. The molecule has 0 bridgehead atoms. The number of amides is 1. The highest BCUT2D eigenvalue weighted by Gasteiger charge is 2.26. The minimum atomic E-state index is -0.987. The van der Waals surface area contributed by atoms with Gasteiger partial charge in [-0.1, -0.05) is 0 Å². The van der Waals surface area contributed by atoms with E-state index in [1.807, 2.05) is 0 Å². The van der Waals surface area contributed by atoms with Crippen molar-refractivity contribution in [3.63, 3.8) is 0 Å². The molecule has 0 fully saturated rings. The van der Waals surface area contributed by atoms with Gasteiger partial charge in [0.2, 0.25) is 0 Å². The van der Waals surface area contributed by atoms with Gasteiger partial charge in [-0.05, 0) is 68.1 Å². The Balaban J connectivity index is 1.56. The molecule has 0 aliphatic heterocycles. The quantitative estimate of drug-likeness (QED) is 0.590. The Hall–Kier alpha value is -3.39. The number of aromatic nitrogens is 2. The third-order valence-electron chi connectivity index (χ3n) is 5.72. The lowest BCUT2D eigenvalue weighted by atomic mass is 9.95. The van der Waals surface area contributed by atoms with Gasteiger partial charge in [0.1, 0.15) is 23.4 Å². The molecule has 1 unspecified atom stereocenters. The number of rotatable bonds is 7. The van der Waals surface area contributed by atoms with E-state index in [4.69, 9.17) is 9.47 Å². The van der Waals surface area contributed by atoms with Crippen LogP contribution in [-0.2, 0) is 12.8 Å². The van der Waals surface area contributed by atoms with E-state index in [9.17, 15) is 14.3 Å². The molecule has 7 nitrogen and oxygen atoms in total. The minimum absolute atomic E-state index is 0.0134. The molecule has 1 atom stereocenters. The van der Waals surface area contributed by atoms with Crippen LogP contribution in [0.3, 0.4) is 0 Å². The van der Waals surface area contributed by atoms with Crippen molar-refractivity contribution < 1.29 is 23.8 Å². The molecule has 1 aromatic heterocycles. The zero-order valence-electron chi connectivity index (χ0n) is 18.1. The zero-order valence-corrected chi connectivity index (χ0v) is 18.1. The Bertz CT molecular complexity index is 1110. The SMILES string of the molecule is COc1ccc(OC)c(C(O)CNC(=O)c2nn(-c3ccc(F)cc3)c3c2CCCC3)c1. The number of fused-ring (bicyclic) bond motifs is 1. The second-order valence-electron chi connectivity index (χ2n) is 7.70. The molecule has 1 aliphatic rings. The summed E-state index contributed by atoms with van der Waals surface area (Å²) in [5.74, 6) is 0.406. The average molecular weight is 439 g/mol. The average Bonchev–Trinajstić information content (AvgIpc) is 3.22. The molecule has 168 valence electrons. The summed E-state index contributed by atoms with van der Waals surface area (Å²) >= 11 is 0. The van der Waals surface area contributed by atoms with Crippen molar-refractivity contribution >= 4 is 5.91 Å². The first kappa shape index (κ1) is 21.8. The van der Waals surface area contributed by atoms with Crippen LogP contribution in [0.5, 0.6) is 11.5 Å². The largest absolute Gasteiger partial charge is 0.497 e. The maximum absolute atomic E-state index is 13.4.